The van der Waals surface area contributed by atoms with E-state index in [2.05, 4.69) is 61.4 Å². The Morgan fingerprint density at radius 2 is 1.88 bits per heavy atom. The normalized spacial score (nSPS) is 14.8. The zero-order valence-electron chi connectivity index (χ0n) is 15.7. The topological polar surface area (TPSA) is 47.1 Å². The standard InChI is InChI=1S/C21H23BN2O2/c1-4-14-15-10-18(25-2)19(26-3)11-16(15)21-20(14)17(23-24-21)9-12-6-5-7-13(22)8-12/h5-8,10-11,14H,4,9,22H2,1-3H3,(H,23,24)/t14-/m1/s1. The SMILES string of the molecule is Bc1cccc(Cc2[nH]nc3c2[C@H](CC)c2cc(OC)c(OC)cc2-3)c1. The first kappa shape index (κ1) is 16.8. The van der Waals surface area contributed by atoms with Gasteiger partial charge in [0.2, 0.25) is 0 Å². The maximum absolute atomic E-state index is 5.52. The summed E-state index contributed by atoms with van der Waals surface area (Å²) < 4.78 is 11.0. The Kier molecular flexibility index (Phi) is 4.23. The summed E-state index contributed by atoms with van der Waals surface area (Å²) in [4.78, 5) is 0. The van der Waals surface area contributed by atoms with Crippen molar-refractivity contribution in [1.82, 2.24) is 10.2 Å². The van der Waals surface area contributed by atoms with Gasteiger partial charge in [-0.1, -0.05) is 36.7 Å². The number of methoxy groups -OCH3 is 2. The van der Waals surface area contributed by atoms with E-state index < -0.39 is 0 Å². The van der Waals surface area contributed by atoms with E-state index in [1.165, 1.54) is 27.8 Å². The number of benzene rings is 2. The van der Waals surface area contributed by atoms with Crippen molar-refractivity contribution in [2.45, 2.75) is 25.7 Å². The van der Waals surface area contributed by atoms with Crippen LogP contribution >= 0.6 is 0 Å². The van der Waals surface area contributed by atoms with Crippen LogP contribution < -0.4 is 14.9 Å². The average molecular weight is 346 g/mol. The lowest BCUT2D eigenvalue weighted by Gasteiger charge is -2.15. The van der Waals surface area contributed by atoms with Gasteiger partial charge in [0.1, 0.15) is 7.85 Å². The number of nitrogens with one attached hydrogen (secondary N) is 1. The molecule has 0 bridgehead atoms. The van der Waals surface area contributed by atoms with Crippen LogP contribution in [-0.4, -0.2) is 32.3 Å². The highest BCUT2D eigenvalue weighted by Gasteiger charge is 2.34. The quantitative estimate of drug-likeness (QED) is 0.723. The molecule has 1 aromatic heterocycles. The fraction of sp³-hybridized carbons (Fsp3) is 0.286. The van der Waals surface area contributed by atoms with Gasteiger partial charge in [-0.05, 0) is 29.7 Å². The zero-order chi connectivity index (χ0) is 18.3. The summed E-state index contributed by atoms with van der Waals surface area (Å²) in [5.41, 5.74) is 8.58. The molecule has 1 atom stereocenters. The predicted octanol–water partition coefficient (Wildman–Crippen LogP) is 2.80. The van der Waals surface area contributed by atoms with Crippen LogP contribution in [0.1, 0.15) is 41.6 Å². The monoisotopic (exact) mass is 346 g/mol. The number of fused-ring (bicyclic) bond motifs is 3. The van der Waals surface area contributed by atoms with Crippen LogP contribution in [0.3, 0.4) is 0 Å². The van der Waals surface area contributed by atoms with Crippen molar-refractivity contribution in [1.29, 1.82) is 0 Å². The molecule has 2 aromatic carbocycles. The maximum Gasteiger partial charge on any atom is 0.161 e. The molecule has 132 valence electrons. The molecule has 0 radical (unpaired) electrons. The summed E-state index contributed by atoms with van der Waals surface area (Å²) in [5.74, 6) is 1.86. The first-order valence-electron chi connectivity index (χ1n) is 9.05. The van der Waals surface area contributed by atoms with Crippen LogP contribution in [-0.2, 0) is 6.42 Å². The number of hydrogen-bond donors (Lipinski definition) is 1. The molecular weight excluding hydrogens is 323 g/mol. The minimum atomic E-state index is 0.332. The molecule has 0 saturated carbocycles. The van der Waals surface area contributed by atoms with Crippen molar-refractivity contribution in [3.8, 4) is 22.8 Å². The lowest BCUT2D eigenvalue weighted by molar-refractivity contribution is 0.354. The number of nitrogens with zero attached hydrogens (tertiary/aromatic N) is 1. The van der Waals surface area contributed by atoms with E-state index in [-0.39, 0.29) is 0 Å². The van der Waals surface area contributed by atoms with E-state index in [9.17, 15) is 0 Å². The van der Waals surface area contributed by atoms with Gasteiger partial charge >= 0.3 is 0 Å². The molecule has 0 unspecified atom stereocenters. The van der Waals surface area contributed by atoms with E-state index in [1.807, 2.05) is 0 Å². The Morgan fingerprint density at radius 3 is 2.58 bits per heavy atom. The highest BCUT2D eigenvalue weighted by Crippen LogP contribution is 2.50. The van der Waals surface area contributed by atoms with Crippen molar-refractivity contribution in [2.24, 2.45) is 0 Å². The van der Waals surface area contributed by atoms with Crippen molar-refractivity contribution in [3.05, 3.63) is 58.8 Å². The first-order valence-corrected chi connectivity index (χ1v) is 9.05. The van der Waals surface area contributed by atoms with Crippen molar-refractivity contribution < 1.29 is 9.47 Å². The minimum absolute atomic E-state index is 0.332. The van der Waals surface area contributed by atoms with Crippen molar-refractivity contribution in [2.75, 3.05) is 14.2 Å². The Bertz CT molecular complexity index is 965. The molecule has 5 heteroatoms. The third-order valence-electron chi connectivity index (χ3n) is 5.29. The van der Waals surface area contributed by atoms with Gasteiger partial charge in [0.25, 0.3) is 0 Å². The molecule has 1 aliphatic rings. The lowest BCUT2D eigenvalue weighted by atomic mass is 9.90. The van der Waals surface area contributed by atoms with Crippen LogP contribution in [0.2, 0.25) is 0 Å². The van der Waals surface area contributed by atoms with Gasteiger partial charge in [-0.2, -0.15) is 5.10 Å². The van der Waals surface area contributed by atoms with Gasteiger partial charge in [0, 0.05) is 29.2 Å². The van der Waals surface area contributed by atoms with Gasteiger partial charge < -0.3 is 9.47 Å². The molecule has 1 heterocycles. The van der Waals surface area contributed by atoms with Crippen molar-refractivity contribution in [3.63, 3.8) is 0 Å². The highest BCUT2D eigenvalue weighted by molar-refractivity contribution is 6.32. The largest absolute Gasteiger partial charge is 0.493 e. The summed E-state index contributed by atoms with van der Waals surface area (Å²) in [5, 5.41) is 7.96. The Labute approximate surface area is 155 Å². The summed E-state index contributed by atoms with van der Waals surface area (Å²) in [6.07, 6.45) is 1.89. The molecule has 0 saturated heterocycles. The second-order valence-corrected chi connectivity index (χ2v) is 6.89. The van der Waals surface area contributed by atoms with E-state index in [4.69, 9.17) is 9.47 Å². The summed E-state index contributed by atoms with van der Waals surface area (Å²) in [6, 6.07) is 12.8. The van der Waals surface area contributed by atoms with Crippen LogP contribution in [0.5, 0.6) is 11.5 Å². The van der Waals surface area contributed by atoms with Crippen LogP contribution in [0.15, 0.2) is 36.4 Å². The second kappa shape index (κ2) is 6.56. The van der Waals surface area contributed by atoms with Crippen LogP contribution in [0, 0.1) is 0 Å². The van der Waals surface area contributed by atoms with E-state index in [0.717, 1.165) is 35.6 Å². The summed E-state index contributed by atoms with van der Waals surface area (Å²) in [6.45, 7) is 2.23. The van der Waals surface area contributed by atoms with Gasteiger partial charge in [0.05, 0.1) is 19.9 Å². The molecule has 4 nitrogen and oxygen atoms in total. The highest BCUT2D eigenvalue weighted by atomic mass is 16.5. The third-order valence-corrected chi connectivity index (χ3v) is 5.29. The fourth-order valence-electron chi connectivity index (χ4n) is 4.10. The number of H-pyrrole nitrogens is 1. The molecule has 1 aliphatic carbocycles. The van der Waals surface area contributed by atoms with Gasteiger partial charge in [-0.3, -0.25) is 5.10 Å². The number of ether oxygens (including phenoxy) is 2. The molecule has 0 amide bonds. The third kappa shape index (κ3) is 2.59. The Morgan fingerprint density at radius 1 is 1.12 bits per heavy atom. The van der Waals surface area contributed by atoms with E-state index in [0.29, 0.717) is 5.92 Å². The molecular formula is C21H23BN2O2. The van der Waals surface area contributed by atoms with Crippen molar-refractivity contribution >= 4 is 13.3 Å². The Balaban J connectivity index is 1.80. The van der Waals surface area contributed by atoms with Crippen LogP contribution in [0.25, 0.3) is 11.3 Å². The summed E-state index contributed by atoms with van der Waals surface area (Å²) >= 11 is 0. The molecule has 26 heavy (non-hydrogen) atoms. The number of aromatic amines is 1. The molecule has 1 N–H and O–H groups in total. The van der Waals surface area contributed by atoms with E-state index in [1.54, 1.807) is 14.2 Å². The molecule has 0 aliphatic heterocycles. The van der Waals surface area contributed by atoms with Gasteiger partial charge in [0.15, 0.2) is 11.5 Å². The predicted molar refractivity (Wildman–Crippen MR) is 107 cm³/mol. The maximum atomic E-state index is 5.52. The number of hydrogen-bond acceptors (Lipinski definition) is 3. The van der Waals surface area contributed by atoms with Gasteiger partial charge in [-0.25, -0.2) is 0 Å². The smallest absolute Gasteiger partial charge is 0.161 e. The second-order valence-electron chi connectivity index (χ2n) is 6.89. The average Bonchev–Trinajstić information content (AvgIpc) is 3.18. The molecule has 4 rings (SSSR count). The first-order chi connectivity index (χ1) is 12.7. The van der Waals surface area contributed by atoms with Crippen LogP contribution in [0.4, 0.5) is 0 Å². The summed E-state index contributed by atoms with van der Waals surface area (Å²) in [7, 11) is 5.48. The fourth-order valence-corrected chi connectivity index (χ4v) is 4.10. The van der Waals surface area contributed by atoms with E-state index >= 15 is 0 Å². The number of rotatable bonds is 5. The molecule has 0 spiro atoms. The zero-order valence-corrected chi connectivity index (χ0v) is 15.7. The Hall–Kier alpha value is -2.69. The molecule has 0 fully saturated rings. The molecule has 3 aromatic rings. The lowest BCUT2D eigenvalue weighted by Crippen LogP contribution is -2.05. The minimum Gasteiger partial charge on any atom is -0.493 e. The van der Waals surface area contributed by atoms with Gasteiger partial charge in [-0.15, -0.1) is 0 Å². The number of aromatic nitrogens is 2.